The zero-order valence-electron chi connectivity index (χ0n) is 63.1. The van der Waals surface area contributed by atoms with Crippen LogP contribution in [0.2, 0.25) is 0 Å². The largest absolute Gasteiger partial charge is 0.472 e. The van der Waals surface area contributed by atoms with Gasteiger partial charge in [0.05, 0.1) is 26.4 Å². The molecule has 0 amide bonds. The van der Waals surface area contributed by atoms with E-state index in [0.29, 0.717) is 25.7 Å². The highest BCUT2D eigenvalue weighted by molar-refractivity contribution is 7.47. The minimum Gasteiger partial charge on any atom is -0.462 e. The first-order chi connectivity index (χ1) is 47.2. The van der Waals surface area contributed by atoms with Crippen molar-refractivity contribution in [3.8, 4) is 0 Å². The molecule has 0 saturated carbocycles. The fourth-order valence-electron chi connectivity index (χ4n) is 12.1. The molecule has 3 N–H and O–H groups in total. The minimum atomic E-state index is -4.96. The lowest BCUT2D eigenvalue weighted by atomic mass is 10.0. The Labute approximate surface area is 594 Å². The standard InChI is InChI=1S/C78H152O17P2/c1-5-9-13-17-21-25-29-33-35-36-37-38-41-45-49-53-57-61-65-78(83)95-74(69-89-76(81)63-59-55-51-47-43-40-34-30-26-22-18-14-10-6-2)71-93-97(86,87)91-67-72(79)66-90-96(84,85)92-70-73(68-88-75(80)62-58-54-50-46-42-32-28-24-20-16-12-8-4)94-77(82)64-60-56-52-48-44-39-31-27-23-19-15-11-7-3/h72-74,79H,5-71H2,1-4H3,(H,84,85)(H,86,87)/t72-,73+,74+/m0/s1. The van der Waals surface area contributed by atoms with Gasteiger partial charge in [0.25, 0.3) is 0 Å². The summed E-state index contributed by atoms with van der Waals surface area (Å²) in [5, 5.41) is 10.6. The normalized spacial score (nSPS) is 13.8. The van der Waals surface area contributed by atoms with Gasteiger partial charge in [-0.15, -0.1) is 0 Å². The van der Waals surface area contributed by atoms with Gasteiger partial charge in [0.2, 0.25) is 0 Å². The molecule has 0 saturated heterocycles. The van der Waals surface area contributed by atoms with Crippen LogP contribution >= 0.6 is 15.6 Å². The fraction of sp³-hybridized carbons (Fsp3) is 0.949. The molecule has 19 heteroatoms. The van der Waals surface area contributed by atoms with Gasteiger partial charge in [-0.3, -0.25) is 37.3 Å². The summed E-state index contributed by atoms with van der Waals surface area (Å²) in [4.78, 5) is 72.9. The maximum atomic E-state index is 13.1. The van der Waals surface area contributed by atoms with E-state index >= 15 is 0 Å². The fourth-order valence-corrected chi connectivity index (χ4v) is 13.7. The van der Waals surface area contributed by atoms with Gasteiger partial charge in [0.15, 0.2) is 12.2 Å². The maximum Gasteiger partial charge on any atom is 0.472 e. The second-order valence-electron chi connectivity index (χ2n) is 28.1. The van der Waals surface area contributed by atoms with Crippen molar-refractivity contribution in [3.05, 3.63) is 0 Å². The van der Waals surface area contributed by atoms with Crippen LogP contribution in [-0.2, 0) is 65.4 Å². The highest BCUT2D eigenvalue weighted by Crippen LogP contribution is 2.45. The molecule has 0 heterocycles. The molecule has 0 spiro atoms. The molecule has 0 bridgehead atoms. The van der Waals surface area contributed by atoms with Crippen molar-refractivity contribution in [2.45, 2.75) is 438 Å². The van der Waals surface area contributed by atoms with E-state index in [1.807, 2.05) is 0 Å². The highest BCUT2D eigenvalue weighted by Gasteiger charge is 2.30. The predicted octanol–water partition coefficient (Wildman–Crippen LogP) is 23.4. The highest BCUT2D eigenvalue weighted by atomic mass is 31.2. The van der Waals surface area contributed by atoms with Crippen LogP contribution in [0.15, 0.2) is 0 Å². The molecule has 5 atom stereocenters. The third-order valence-corrected chi connectivity index (χ3v) is 20.3. The van der Waals surface area contributed by atoms with Gasteiger partial charge >= 0.3 is 39.5 Å². The number of aliphatic hydroxyl groups excluding tert-OH is 1. The van der Waals surface area contributed by atoms with Crippen molar-refractivity contribution in [1.29, 1.82) is 0 Å². The smallest absolute Gasteiger partial charge is 0.462 e. The van der Waals surface area contributed by atoms with Gasteiger partial charge in [-0.25, -0.2) is 9.13 Å². The molecule has 0 aromatic rings. The first-order valence-electron chi connectivity index (χ1n) is 40.8. The molecule has 0 aromatic carbocycles. The lowest BCUT2D eigenvalue weighted by Gasteiger charge is -2.21. The van der Waals surface area contributed by atoms with E-state index in [1.165, 1.54) is 250 Å². The van der Waals surface area contributed by atoms with Crippen LogP contribution < -0.4 is 0 Å². The molecule has 0 aromatic heterocycles. The predicted molar refractivity (Wildman–Crippen MR) is 395 cm³/mol. The minimum absolute atomic E-state index is 0.109. The molecule has 97 heavy (non-hydrogen) atoms. The van der Waals surface area contributed by atoms with E-state index in [9.17, 15) is 43.2 Å². The van der Waals surface area contributed by atoms with Gasteiger partial charge in [-0.1, -0.05) is 368 Å². The summed E-state index contributed by atoms with van der Waals surface area (Å²) in [5.74, 6) is -2.11. The number of ether oxygens (including phenoxy) is 4. The van der Waals surface area contributed by atoms with Gasteiger partial charge in [0, 0.05) is 25.7 Å². The van der Waals surface area contributed by atoms with Gasteiger partial charge in [-0.05, 0) is 25.7 Å². The van der Waals surface area contributed by atoms with Crippen LogP contribution in [0.3, 0.4) is 0 Å². The van der Waals surface area contributed by atoms with Crippen molar-refractivity contribution in [1.82, 2.24) is 0 Å². The molecule has 576 valence electrons. The summed E-state index contributed by atoms with van der Waals surface area (Å²) in [6.07, 6.45) is 63.6. The van der Waals surface area contributed by atoms with E-state index < -0.39 is 97.5 Å². The Kier molecular flexibility index (Phi) is 71.0. The Balaban J connectivity index is 5.25. The molecule has 0 aliphatic heterocycles. The Morgan fingerprint density at radius 3 is 0.608 bits per heavy atom. The molecule has 0 rings (SSSR count). The molecule has 0 aliphatic rings. The van der Waals surface area contributed by atoms with Crippen molar-refractivity contribution in [2.75, 3.05) is 39.6 Å². The Hall–Kier alpha value is -1.94. The number of phosphoric acid groups is 2. The summed E-state index contributed by atoms with van der Waals surface area (Å²) in [6, 6.07) is 0. The molecule has 0 aliphatic carbocycles. The van der Waals surface area contributed by atoms with E-state index in [2.05, 4.69) is 27.7 Å². The molecular weight excluding hydrogens is 1270 g/mol. The number of hydrogen-bond donors (Lipinski definition) is 3. The average Bonchev–Trinajstić information content (AvgIpc) is 1.76. The lowest BCUT2D eigenvalue weighted by molar-refractivity contribution is -0.161. The zero-order chi connectivity index (χ0) is 71.1. The van der Waals surface area contributed by atoms with Crippen LogP contribution in [0.25, 0.3) is 0 Å². The van der Waals surface area contributed by atoms with E-state index in [4.69, 9.17) is 37.0 Å². The molecule has 0 fully saturated rings. The maximum absolute atomic E-state index is 13.1. The van der Waals surface area contributed by atoms with Gasteiger partial charge in [-0.2, -0.15) is 0 Å². The van der Waals surface area contributed by atoms with Crippen molar-refractivity contribution in [3.63, 3.8) is 0 Å². The van der Waals surface area contributed by atoms with Gasteiger partial charge in [0.1, 0.15) is 19.3 Å². The second-order valence-corrected chi connectivity index (χ2v) is 31.0. The second kappa shape index (κ2) is 72.4. The van der Waals surface area contributed by atoms with E-state index in [0.717, 1.165) is 89.9 Å². The van der Waals surface area contributed by atoms with E-state index in [1.54, 1.807) is 0 Å². The summed E-state index contributed by atoms with van der Waals surface area (Å²) in [7, 11) is -9.91. The zero-order valence-corrected chi connectivity index (χ0v) is 64.8. The summed E-state index contributed by atoms with van der Waals surface area (Å²) in [5.41, 5.74) is 0. The van der Waals surface area contributed by atoms with Crippen LogP contribution in [-0.4, -0.2) is 96.7 Å². The average molecular weight is 1420 g/mol. The number of rotatable bonds is 79. The summed E-state index contributed by atoms with van der Waals surface area (Å²) < 4.78 is 68.6. The quantitative estimate of drug-likeness (QED) is 0.0222. The van der Waals surface area contributed by atoms with E-state index in [-0.39, 0.29) is 25.7 Å². The lowest BCUT2D eigenvalue weighted by Crippen LogP contribution is -2.30. The van der Waals surface area contributed by atoms with Crippen LogP contribution in [0, 0.1) is 0 Å². The van der Waals surface area contributed by atoms with Gasteiger partial charge < -0.3 is 33.8 Å². The summed E-state index contributed by atoms with van der Waals surface area (Å²) >= 11 is 0. The first kappa shape index (κ1) is 95.1. The number of unbranched alkanes of at least 4 members (excludes halogenated alkanes) is 53. The first-order valence-corrected chi connectivity index (χ1v) is 43.8. The molecular formula is C78H152O17P2. The third-order valence-electron chi connectivity index (χ3n) is 18.4. The molecule has 17 nitrogen and oxygen atoms in total. The van der Waals surface area contributed by atoms with Crippen molar-refractivity contribution < 1.29 is 80.2 Å². The summed E-state index contributed by atoms with van der Waals surface area (Å²) in [6.45, 7) is 5.02. The number of hydrogen-bond acceptors (Lipinski definition) is 15. The van der Waals surface area contributed by atoms with Crippen molar-refractivity contribution in [2.24, 2.45) is 0 Å². The number of carbonyl (C=O) groups is 4. The Morgan fingerprint density at radius 2 is 0.412 bits per heavy atom. The van der Waals surface area contributed by atoms with Crippen LogP contribution in [0.5, 0.6) is 0 Å². The Bertz CT molecular complexity index is 1840. The number of aliphatic hydroxyl groups is 1. The number of carbonyl (C=O) groups excluding carboxylic acids is 4. The SMILES string of the molecule is CCCCCCCCCCCCCCCCCCCCC(=O)O[C@H](COC(=O)CCCCCCCCCCCCCCCC)COP(=O)(O)OC[C@@H](O)COP(=O)(O)OC[C@@H](COC(=O)CCCCCCCCCCCCCC)OC(=O)CCCCCCCCCCCCCCC. The number of phosphoric ester groups is 2. The number of esters is 4. The van der Waals surface area contributed by atoms with Crippen LogP contribution in [0.4, 0.5) is 0 Å². The van der Waals surface area contributed by atoms with Crippen molar-refractivity contribution >= 4 is 39.5 Å². The Morgan fingerprint density at radius 1 is 0.247 bits per heavy atom. The topological polar surface area (TPSA) is 237 Å². The molecule has 0 radical (unpaired) electrons. The monoisotopic (exact) mass is 1420 g/mol. The molecule has 2 unspecified atom stereocenters. The third kappa shape index (κ3) is 72.2. The van der Waals surface area contributed by atoms with Crippen LogP contribution in [0.1, 0.15) is 419 Å².